The van der Waals surface area contributed by atoms with Gasteiger partial charge in [0, 0.05) is 126 Å². The molecule has 0 spiro atoms. The van der Waals surface area contributed by atoms with Crippen LogP contribution >= 0.6 is 47.5 Å². The van der Waals surface area contributed by atoms with E-state index in [0.717, 1.165) is 0 Å². The molecule has 0 aromatic heterocycles. The predicted octanol–water partition coefficient (Wildman–Crippen LogP) is 13.8. The molecule has 0 fully saturated rings. The number of hydrogen-bond donors (Lipinski definition) is 0. The molecule has 12 aromatic carbocycles. The van der Waals surface area contributed by atoms with Crippen LogP contribution < -0.4 is 63.7 Å². The fourth-order valence-corrected chi connectivity index (χ4v) is 33.6. The molecule has 99 heavy (non-hydrogen) atoms. The van der Waals surface area contributed by atoms with Crippen molar-refractivity contribution in [2.75, 3.05) is 17.7 Å². The monoisotopic (exact) mass is 2500 g/mol. The van der Waals surface area contributed by atoms with E-state index in [1.165, 1.54) is 81.4 Å². The summed E-state index contributed by atoms with van der Waals surface area (Å²) in [4.78, 5) is 0. The van der Waals surface area contributed by atoms with Crippen LogP contribution in [0.5, 0.6) is 0 Å². The summed E-state index contributed by atoms with van der Waals surface area (Å²) in [6.45, 7) is 27.0. The molecule has 0 amide bonds. The van der Waals surface area contributed by atoms with Crippen LogP contribution in [0.2, 0.25) is 0 Å². The van der Waals surface area contributed by atoms with E-state index in [1.807, 2.05) is 0 Å². The SMILES string of the molecule is [C-]#[O+].[C-]#[O+].[C-]#[O+].[C-]#[O+].[C-]#[O+].[C-]#[O+].[Pt].[Pt].[Pt].[Pt].[Pt].[Pt].c1ccc([PH+](C[PH+](c2ccccc2)c2ccccc2)c2ccccc2)cc1.c1ccc([PH+](C[PH+](c2ccccc2)c2ccccc2)c2ccccc2)cc1.c1ccc([PH+](C[PH+](c2ccccc2)c2ccccc2)c2ccccc2)cc1. The van der Waals surface area contributed by atoms with E-state index in [0.29, 0.717) is 0 Å². The fourth-order valence-electron chi connectivity index (χ4n) is 10.4. The molecule has 18 heteroatoms. The molecule has 0 bridgehead atoms. The minimum absolute atomic E-state index is 0. The summed E-state index contributed by atoms with van der Waals surface area (Å²) in [6, 6.07) is 133. The van der Waals surface area contributed by atoms with Crippen LogP contribution in [0.15, 0.2) is 364 Å². The maximum atomic E-state index is 7.50. The largest absolute Gasteiger partial charge is 0.174 e. The van der Waals surface area contributed by atoms with Gasteiger partial charge in [0.1, 0.15) is 111 Å². The molecule has 0 radical (unpaired) electrons. The minimum atomic E-state index is -0.847. The van der Waals surface area contributed by atoms with Crippen molar-refractivity contribution in [2.45, 2.75) is 0 Å². The van der Waals surface area contributed by atoms with Crippen molar-refractivity contribution in [2.24, 2.45) is 0 Å². The minimum Gasteiger partial charge on any atom is -0.0620 e. The van der Waals surface area contributed by atoms with Gasteiger partial charge in [0.25, 0.3) is 0 Å². The van der Waals surface area contributed by atoms with E-state index in [2.05, 4.69) is 404 Å². The first kappa shape index (κ1) is 99.0. The second kappa shape index (κ2) is 63.5. The Hall–Kier alpha value is -4.21. The van der Waals surface area contributed by atoms with Crippen molar-refractivity contribution in [3.63, 3.8) is 0 Å². The maximum Gasteiger partial charge on any atom is 0.174 e. The van der Waals surface area contributed by atoms with Crippen LogP contribution in [-0.2, 0) is 154 Å². The molecule has 0 aliphatic heterocycles. The number of benzene rings is 12. The van der Waals surface area contributed by atoms with E-state index in [9.17, 15) is 0 Å². The van der Waals surface area contributed by atoms with E-state index >= 15 is 0 Å². The number of rotatable bonds is 18. The Kier molecular flexibility index (Phi) is 63.5. The van der Waals surface area contributed by atoms with Gasteiger partial charge in [0.05, 0.1) is 0 Å². The molecular weight excluding hydrogens is 2430 g/mol. The van der Waals surface area contributed by atoms with Gasteiger partial charge in [-0.3, -0.25) is 0 Å². The maximum absolute atomic E-state index is 7.50. The standard InChI is InChI=1S/3C25H22P2.6CO.6Pt/c3*1-5-13-22(14-6-1)26(23-15-7-2-8-16-23)21-27(24-17-9-3-10-18-24)25-19-11-4-12-20-25;6*1-2;;;;;;/h3*1-20H,21H2;;;;;;;;;;;;/p+6. The Bertz CT molecular complexity index is 3060. The zero-order valence-corrected chi connectivity index (χ0v) is 72.7. The van der Waals surface area contributed by atoms with Gasteiger partial charge in [-0.15, -0.1) is 0 Å². The third kappa shape index (κ3) is 34.3. The van der Waals surface area contributed by atoms with Gasteiger partial charge >= 0.3 is 67.8 Å². The third-order valence-electron chi connectivity index (χ3n) is 14.5. The first-order chi connectivity index (χ1) is 46.2. The smallest absolute Gasteiger partial charge is 0.0620 e. The Balaban J connectivity index is -0.00000126. The summed E-state index contributed by atoms with van der Waals surface area (Å²) in [5.41, 5.74) is 0. The zero-order chi connectivity index (χ0) is 66.9. The summed E-state index contributed by atoms with van der Waals surface area (Å²) >= 11 is 0. The Morgan fingerprint density at radius 1 is 0.131 bits per heavy atom. The molecule has 12 aromatic rings. The summed E-state index contributed by atoms with van der Waals surface area (Å²) in [6.07, 6.45) is 0. The van der Waals surface area contributed by atoms with Crippen LogP contribution in [0, 0.1) is 39.9 Å². The van der Waals surface area contributed by atoms with E-state index in [1.54, 1.807) is 0 Å². The third-order valence-corrected chi connectivity index (χ3v) is 35.4. The Morgan fingerprint density at radius 2 is 0.192 bits per heavy atom. The Morgan fingerprint density at radius 3 is 0.253 bits per heavy atom. The molecule has 0 aliphatic carbocycles. The summed E-state index contributed by atoms with van der Waals surface area (Å²) in [5, 5.41) is 18.0. The molecule has 0 N–H and O–H groups in total. The molecule has 6 nitrogen and oxygen atoms in total. The zero-order valence-electron chi connectivity index (χ0n) is 53.1. The van der Waals surface area contributed by atoms with Gasteiger partial charge < -0.3 is 0 Å². The molecular formula is C81H72O6P6Pt6+6. The van der Waals surface area contributed by atoms with Crippen LogP contribution in [0.1, 0.15) is 0 Å². The van der Waals surface area contributed by atoms with E-state index < -0.39 is 47.5 Å². The average Bonchev–Trinajstić information content (AvgIpc) is 0.836. The van der Waals surface area contributed by atoms with Crippen LogP contribution in [0.3, 0.4) is 0 Å². The van der Waals surface area contributed by atoms with Crippen LogP contribution in [0.4, 0.5) is 0 Å². The van der Waals surface area contributed by atoms with Crippen molar-refractivity contribution in [3.8, 4) is 0 Å². The van der Waals surface area contributed by atoms with Crippen molar-refractivity contribution in [1.82, 2.24) is 0 Å². The quantitative estimate of drug-likeness (QED) is 0.0462. The van der Waals surface area contributed by atoms with Crippen molar-refractivity contribution in [3.05, 3.63) is 404 Å². The van der Waals surface area contributed by atoms with Gasteiger partial charge in [-0.2, -0.15) is 0 Å². The Labute approximate surface area is 679 Å². The van der Waals surface area contributed by atoms with Crippen molar-refractivity contribution >= 4 is 111 Å². The van der Waals surface area contributed by atoms with E-state index in [4.69, 9.17) is 27.9 Å². The van der Waals surface area contributed by atoms with Gasteiger partial charge in [0.15, 0.2) is 17.7 Å². The molecule has 0 aliphatic rings. The first-order valence-corrected chi connectivity index (χ1v) is 39.5. The molecule has 516 valence electrons. The fraction of sp³-hybridized carbons (Fsp3) is 0.0370. The molecule has 0 heterocycles. The second-order valence-corrected chi connectivity index (χ2v) is 36.7. The van der Waals surface area contributed by atoms with Crippen LogP contribution in [-0.4, -0.2) is 17.7 Å². The normalized spacial score (nSPS) is 9.15. The van der Waals surface area contributed by atoms with Gasteiger partial charge in [-0.05, 0) is 146 Å². The average molecular weight is 2500 g/mol. The van der Waals surface area contributed by atoms with E-state index in [-0.39, 0.29) is 126 Å². The van der Waals surface area contributed by atoms with Crippen LogP contribution in [0.25, 0.3) is 0 Å². The molecule has 0 saturated carbocycles. The summed E-state index contributed by atoms with van der Waals surface area (Å²) in [7, 11) is -5.08. The molecule has 0 atom stereocenters. The summed E-state index contributed by atoms with van der Waals surface area (Å²) < 4.78 is 45.0. The van der Waals surface area contributed by atoms with Crippen molar-refractivity contribution in [1.29, 1.82) is 0 Å². The topological polar surface area (TPSA) is 119 Å². The second-order valence-electron chi connectivity index (χ2n) is 19.8. The molecule has 12 rings (SSSR count). The van der Waals surface area contributed by atoms with Crippen molar-refractivity contribution < 1.29 is 154 Å². The van der Waals surface area contributed by atoms with Gasteiger partial charge in [0.2, 0.25) is 0 Å². The molecule has 0 unspecified atom stereocenters. The van der Waals surface area contributed by atoms with Gasteiger partial charge in [-0.1, -0.05) is 218 Å². The first-order valence-electron chi connectivity index (χ1n) is 29.3. The predicted molar refractivity (Wildman–Crippen MR) is 401 cm³/mol. The van der Waals surface area contributed by atoms with Gasteiger partial charge in [-0.25, -0.2) is 0 Å². The summed E-state index contributed by atoms with van der Waals surface area (Å²) in [5.74, 6) is 3.74. The number of hydrogen-bond acceptors (Lipinski definition) is 0. The molecule has 0 saturated heterocycles.